The van der Waals surface area contributed by atoms with Crippen LogP contribution >= 0.6 is 11.3 Å². The molecule has 0 spiro atoms. The lowest BCUT2D eigenvalue weighted by Gasteiger charge is -2.24. The summed E-state index contributed by atoms with van der Waals surface area (Å²) in [6.07, 6.45) is 0.849. The summed E-state index contributed by atoms with van der Waals surface area (Å²) in [5, 5.41) is 11.6. The first-order chi connectivity index (χ1) is 20.6. The number of carbonyl (C=O) groups is 3. The molecule has 2 heterocycles. The lowest BCUT2D eigenvalue weighted by atomic mass is 9.95. The van der Waals surface area contributed by atoms with Crippen molar-refractivity contribution in [1.29, 1.82) is 0 Å². The highest BCUT2D eigenvalue weighted by atomic mass is 32.1. The fraction of sp³-hybridized carbons (Fsp3) is 0.375. The van der Waals surface area contributed by atoms with Gasteiger partial charge in [0.15, 0.2) is 16.6 Å². The molecule has 1 fully saturated rings. The van der Waals surface area contributed by atoms with Crippen molar-refractivity contribution in [1.82, 2.24) is 4.98 Å². The summed E-state index contributed by atoms with van der Waals surface area (Å²) in [5.74, 6) is -0.742. The number of amides is 1. The van der Waals surface area contributed by atoms with Crippen molar-refractivity contribution >= 4 is 39.9 Å². The molecule has 1 N–H and O–H groups in total. The average Bonchev–Trinajstić information content (AvgIpc) is 3.49. The van der Waals surface area contributed by atoms with Gasteiger partial charge in [0.1, 0.15) is 16.4 Å². The number of thiazole rings is 1. The molecule has 43 heavy (non-hydrogen) atoms. The van der Waals surface area contributed by atoms with E-state index in [9.17, 15) is 19.5 Å². The molecule has 2 aromatic carbocycles. The number of methoxy groups -OCH3 is 1. The number of hydrogen-bond donors (Lipinski definition) is 1. The Bertz CT molecular complexity index is 1530. The van der Waals surface area contributed by atoms with Gasteiger partial charge in [-0.3, -0.25) is 14.5 Å². The third-order valence-corrected chi connectivity index (χ3v) is 7.93. The second-order valence-electron chi connectivity index (χ2n) is 10.2. The number of Topliss-reactive ketones (excluding diaryl/α,β-unsaturated/α-hetero) is 1. The van der Waals surface area contributed by atoms with Crippen LogP contribution in [0.25, 0.3) is 5.76 Å². The van der Waals surface area contributed by atoms with Gasteiger partial charge in [-0.2, -0.15) is 0 Å². The van der Waals surface area contributed by atoms with Crippen LogP contribution in [0.3, 0.4) is 0 Å². The topological polar surface area (TPSA) is 124 Å². The molecule has 228 valence electrons. The van der Waals surface area contributed by atoms with Gasteiger partial charge in [0.05, 0.1) is 44.2 Å². The van der Waals surface area contributed by atoms with Crippen LogP contribution in [0.15, 0.2) is 48.0 Å². The Kier molecular flexibility index (Phi) is 10.1. The van der Waals surface area contributed by atoms with Crippen molar-refractivity contribution in [3.05, 3.63) is 69.7 Å². The number of aromatic nitrogens is 1. The van der Waals surface area contributed by atoms with E-state index in [2.05, 4.69) is 18.8 Å². The molecule has 0 saturated carbocycles. The van der Waals surface area contributed by atoms with Crippen LogP contribution in [-0.2, 0) is 14.3 Å². The third-order valence-electron chi connectivity index (χ3n) is 6.80. The molecule has 11 heteroatoms. The number of hydrogen-bond acceptors (Lipinski definition) is 10. The van der Waals surface area contributed by atoms with E-state index in [1.165, 1.54) is 12.0 Å². The third kappa shape index (κ3) is 6.67. The maximum atomic E-state index is 13.6. The second kappa shape index (κ2) is 13.7. The summed E-state index contributed by atoms with van der Waals surface area (Å²) >= 11 is 0.945. The van der Waals surface area contributed by atoms with Gasteiger partial charge in [-0.25, -0.2) is 9.78 Å². The van der Waals surface area contributed by atoms with Gasteiger partial charge < -0.3 is 24.1 Å². The van der Waals surface area contributed by atoms with Crippen molar-refractivity contribution in [2.75, 3.05) is 31.8 Å². The average molecular weight is 609 g/mol. The van der Waals surface area contributed by atoms with E-state index in [1.807, 2.05) is 6.92 Å². The summed E-state index contributed by atoms with van der Waals surface area (Å²) in [5.41, 5.74) is 1.04. The zero-order valence-electron chi connectivity index (χ0n) is 25.1. The van der Waals surface area contributed by atoms with Crippen molar-refractivity contribution in [3.63, 3.8) is 0 Å². The number of esters is 1. The van der Waals surface area contributed by atoms with Gasteiger partial charge in [-0.1, -0.05) is 31.3 Å². The van der Waals surface area contributed by atoms with E-state index in [4.69, 9.17) is 18.9 Å². The fourth-order valence-corrected chi connectivity index (χ4v) is 5.60. The first-order valence-electron chi connectivity index (χ1n) is 14.1. The Labute approximate surface area is 254 Å². The molecular weight excluding hydrogens is 572 g/mol. The minimum absolute atomic E-state index is 0.122. The van der Waals surface area contributed by atoms with Crippen LogP contribution in [0, 0.1) is 12.8 Å². The van der Waals surface area contributed by atoms with E-state index in [0.29, 0.717) is 53.2 Å². The van der Waals surface area contributed by atoms with Crippen LogP contribution in [0.2, 0.25) is 0 Å². The Morgan fingerprint density at radius 3 is 2.40 bits per heavy atom. The van der Waals surface area contributed by atoms with Crippen LogP contribution < -0.4 is 19.1 Å². The van der Waals surface area contributed by atoms with E-state index in [1.54, 1.807) is 56.3 Å². The number of ether oxygens (including phenoxy) is 4. The molecule has 1 amide bonds. The monoisotopic (exact) mass is 608 g/mol. The molecular formula is C32H36N2O8S. The quantitative estimate of drug-likeness (QED) is 0.113. The van der Waals surface area contributed by atoms with Gasteiger partial charge in [0, 0.05) is 5.56 Å². The number of ketones is 1. The lowest BCUT2D eigenvalue weighted by Crippen LogP contribution is -2.29. The number of rotatable bonds is 12. The van der Waals surface area contributed by atoms with Crippen LogP contribution in [0.5, 0.6) is 17.2 Å². The molecule has 1 atom stereocenters. The molecule has 0 bridgehead atoms. The number of benzene rings is 2. The zero-order valence-corrected chi connectivity index (χ0v) is 25.9. The lowest BCUT2D eigenvalue weighted by molar-refractivity contribution is -0.132. The Balaban J connectivity index is 1.88. The van der Waals surface area contributed by atoms with Gasteiger partial charge in [0.2, 0.25) is 0 Å². The number of anilines is 1. The summed E-state index contributed by atoms with van der Waals surface area (Å²) < 4.78 is 22.3. The van der Waals surface area contributed by atoms with Gasteiger partial charge in [-0.05, 0) is 75.1 Å². The second-order valence-corrected chi connectivity index (χ2v) is 11.2. The molecule has 1 unspecified atom stereocenters. The number of aliphatic hydroxyl groups excluding tert-OH is 1. The van der Waals surface area contributed by atoms with E-state index in [-0.39, 0.29) is 27.9 Å². The van der Waals surface area contributed by atoms with Crippen molar-refractivity contribution in [2.45, 2.75) is 47.1 Å². The molecule has 1 aromatic heterocycles. The Morgan fingerprint density at radius 1 is 1.05 bits per heavy atom. The highest BCUT2D eigenvalue weighted by Crippen LogP contribution is 2.45. The summed E-state index contributed by atoms with van der Waals surface area (Å²) in [7, 11) is 1.52. The van der Waals surface area contributed by atoms with Gasteiger partial charge in [-0.15, -0.1) is 0 Å². The highest BCUT2D eigenvalue weighted by molar-refractivity contribution is 7.17. The summed E-state index contributed by atoms with van der Waals surface area (Å²) in [6, 6.07) is 10.6. The molecule has 3 aromatic rings. The first kappa shape index (κ1) is 31.6. The minimum atomic E-state index is -1.08. The summed E-state index contributed by atoms with van der Waals surface area (Å²) in [6.45, 7) is 10.4. The Morgan fingerprint density at radius 2 is 1.77 bits per heavy atom. The highest BCUT2D eigenvalue weighted by Gasteiger charge is 2.48. The molecule has 1 aliphatic rings. The molecule has 1 aliphatic heterocycles. The predicted molar refractivity (Wildman–Crippen MR) is 163 cm³/mol. The largest absolute Gasteiger partial charge is 0.507 e. The maximum absolute atomic E-state index is 13.6. The van der Waals surface area contributed by atoms with Crippen molar-refractivity contribution < 1.29 is 38.4 Å². The zero-order chi connectivity index (χ0) is 31.3. The number of nitrogens with zero attached hydrogens (tertiary/aromatic N) is 2. The molecule has 4 rings (SSSR count). The molecule has 10 nitrogen and oxygen atoms in total. The maximum Gasteiger partial charge on any atom is 0.350 e. The van der Waals surface area contributed by atoms with Crippen molar-refractivity contribution in [3.8, 4) is 17.2 Å². The smallest absolute Gasteiger partial charge is 0.350 e. The minimum Gasteiger partial charge on any atom is -0.507 e. The fourth-order valence-electron chi connectivity index (χ4n) is 4.61. The number of aliphatic hydroxyl groups is 1. The van der Waals surface area contributed by atoms with Gasteiger partial charge in [0.25, 0.3) is 5.78 Å². The van der Waals surface area contributed by atoms with Crippen LogP contribution in [-0.4, -0.2) is 54.7 Å². The van der Waals surface area contributed by atoms with E-state index >= 15 is 0 Å². The predicted octanol–water partition coefficient (Wildman–Crippen LogP) is 6.09. The van der Waals surface area contributed by atoms with Crippen LogP contribution in [0.1, 0.15) is 66.7 Å². The number of carbonyl (C=O) groups excluding carboxylic acids is 3. The molecule has 1 saturated heterocycles. The Hall–Kier alpha value is -4.38. The van der Waals surface area contributed by atoms with Crippen LogP contribution in [0.4, 0.5) is 5.13 Å². The van der Waals surface area contributed by atoms with E-state index in [0.717, 1.165) is 17.8 Å². The first-order valence-corrected chi connectivity index (χ1v) is 14.9. The standard InChI is InChI=1S/C32H36N2O8S/c1-7-40-24-17-21(11-14-23(24)42-16-15-18(3)4)26-25(27(35)20-9-12-22(39-6)13-10-20)28(36)30(37)34(26)32-33-19(5)29(43-32)31(38)41-8-2/h9-14,17-18,26,35H,7-8,15-16H2,1-6H3. The van der Waals surface area contributed by atoms with Crippen molar-refractivity contribution in [2.24, 2.45) is 5.92 Å². The SMILES string of the molecule is CCOC(=O)c1sc(N2C(=O)C(=O)C(=C(O)c3ccc(OC)cc3)C2c2ccc(OCCC(C)C)c(OCC)c2)nc1C. The molecule has 0 radical (unpaired) electrons. The summed E-state index contributed by atoms with van der Waals surface area (Å²) in [4.78, 5) is 45.7. The molecule has 0 aliphatic carbocycles. The van der Waals surface area contributed by atoms with Gasteiger partial charge >= 0.3 is 11.9 Å². The number of aryl methyl sites for hydroxylation is 1. The van der Waals surface area contributed by atoms with E-state index < -0.39 is 23.7 Å². The normalized spacial score (nSPS) is 16.1.